The lowest BCUT2D eigenvalue weighted by Gasteiger charge is -2.36. The Hall–Kier alpha value is -1.50. The Balaban J connectivity index is 2.13. The molecule has 1 aliphatic carbocycles. The van der Waals surface area contributed by atoms with Crippen LogP contribution < -0.4 is 5.32 Å². The normalized spacial score (nSPS) is 30.4. The minimum absolute atomic E-state index is 0.411. The number of nitrogens with one attached hydrogen (secondary N) is 1. The quantitative estimate of drug-likeness (QED) is 0.699. The maximum absolute atomic E-state index is 3.96. The molecule has 0 spiro atoms. The van der Waals surface area contributed by atoms with E-state index in [0.29, 0.717) is 17.9 Å². The number of hydrogen-bond donors (Lipinski definition) is 1. The Bertz CT molecular complexity index is 459. The van der Waals surface area contributed by atoms with Gasteiger partial charge in [0.15, 0.2) is 0 Å². The van der Waals surface area contributed by atoms with Gasteiger partial charge in [-0.25, -0.2) is 0 Å². The Morgan fingerprint density at radius 2 is 2.31 bits per heavy atom. The van der Waals surface area contributed by atoms with Gasteiger partial charge in [-0.2, -0.15) is 0 Å². The number of benzene rings is 1. The summed E-state index contributed by atoms with van der Waals surface area (Å²) in [6.07, 6.45) is 7.90. The van der Waals surface area contributed by atoms with Crippen molar-refractivity contribution in [2.24, 2.45) is 5.92 Å². The van der Waals surface area contributed by atoms with E-state index in [1.54, 1.807) is 0 Å². The van der Waals surface area contributed by atoms with Crippen molar-refractivity contribution in [2.45, 2.75) is 25.3 Å². The van der Waals surface area contributed by atoms with Crippen molar-refractivity contribution in [3.63, 3.8) is 0 Å². The van der Waals surface area contributed by atoms with Gasteiger partial charge in [-0.1, -0.05) is 36.4 Å². The molecule has 2 aliphatic rings. The van der Waals surface area contributed by atoms with E-state index in [1.807, 2.05) is 0 Å². The SMILES string of the molecule is C=CC1Nc2c(C)cccc2C2C=CCC12. The Labute approximate surface area is 96.9 Å². The van der Waals surface area contributed by atoms with Gasteiger partial charge in [0.1, 0.15) is 0 Å². The average molecular weight is 211 g/mol. The van der Waals surface area contributed by atoms with E-state index < -0.39 is 0 Å². The molecule has 0 amide bonds. The highest BCUT2D eigenvalue weighted by Crippen LogP contribution is 2.45. The van der Waals surface area contributed by atoms with E-state index in [0.717, 1.165) is 0 Å². The molecular weight excluding hydrogens is 194 g/mol. The summed E-state index contributed by atoms with van der Waals surface area (Å²) >= 11 is 0. The lowest BCUT2D eigenvalue weighted by atomic mass is 9.78. The molecular formula is C15H17N. The van der Waals surface area contributed by atoms with Crippen LogP contribution in [-0.2, 0) is 0 Å². The van der Waals surface area contributed by atoms with E-state index in [1.165, 1.54) is 23.2 Å². The maximum Gasteiger partial charge on any atom is 0.0482 e. The van der Waals surface area contributed by atoms with Crippen LogP contribution in [0, 0.1) is 12.8 Å². The van der Waals surface area contributed by atoms with Gasteiger partial charge in [-0.3, -0.25) is 0 Å². The number of rotatable bonds is 1. The van der Waals surface area contributed by atoms with Crippen molar-refractivity contribution in [1.29, 1.82) is 0 Å². The van der Waals surface area contributed by atoms with Crippen LogP contribution in [0.4, 0.5) is 5.69 Å². The van der Waals surface area contributed by atoms with Gasteiger partial charge in [0, 0.05) is 17.6 Å². The molecule has 1 aromatic rings. The predicted octanol–water partition coefficient (Wildman–Crippen LogP) is 3.63. The minimum atomic E-state index is 0.411. The Morgan fingerprint density at radius 1 is 1.44 bits per heavy atom. The first-order valence-electron chi connectivity index (χ1n) is 5.96. The van der Waals surface area contributed by atoms with Crippen LogP contribution >= 0.6 is 0 Å². The van der Waals surface area contributed by atoms with Crippen LogP contribution in [0.5, 0.6) is 0 Å². The number of fused-ring (bicyclic) bond motifs is 3. The zero-order chi connectivity index (χ0) is 11.1. The van der Waals surface area contributed by atoms with Gasteiger partial charge in [0.25, 0.3) is 0 Å². The fraction of sp³-hybridized carbons (Fsp3) is 0.333. The first kappa shape index (κ1) is 9.71. The van der Waals surface area contributed by atoms with Gasteiger partial charge < -0.3 is 5.32 Å². The third-order valence-corrected chi connectivity index (χ3v) is 3.90. The number of para-hydroxylation sites is 1. The molecule has 1 N–H and O–H groups in total. The summed E-state index contributed by atoms with van der Waals surface area (Å²) < 4.78 is 0. The number of hydrogen-bond acceptors (Lipinski definition) is 1. The largest absolute Gasteiger partial charge is 0.378 e. The van der Waals surface area contributed by atoms with Crippen molar-refractivity contribution >= 4 is 5.69 Å². The molecule has 0 saturated heterocycles. The van der Waals surface area contributed by atoms with E-state index in [2.05, 4.69) is 55.2 Å². The molecule has 82 valence electrons. The fourth-order valence-electron chi connectivity index (χ4n) is 3.05. The highest BCUT2D eigenvalue weighted by atomic mass is 14.9. The molecule has 1 aromatic carbocycles. The summed E-state index contributed by atoms with van der Waals surface area (Å²) in [5.74, 6) is 1.24. The smallest absolute Gasteiger partial charge is 0.0482 e. The van der Waals surface area contributed by atoms with E-state index in [9.17, 15) is 0 Å². The van der Waals surface area contributed by atoms with Crippen LogP contribution in [0.3, 0.4) is 0 Å². The molecule has 1 heterocycles. The minimum Gasteiger partial charge on any atom is -0.378 e. The molecule has 3 atom stereocenters. The zero-order valence-electron chi connectivity index (χ0n) is 9.61. The van der Waals surface area contributed by atoms with Gasteiger partial charge in [-0.05, 0) is 30.4 Å². The average Bonchev–Trinajstić information content (AvgIpc) is 2.78. The molecule has 0 bridgehead atoms. The second-order valence-electron chi connectivity index (χ2n) is 4.80. The summed E-state index contributed by atoms with van der Waals surface area (Å²) in [6, 6.07) is 6.99. The van der Waals surface area contributed by atoms with Crippen molar-refractivity contribution in [3.8, 4) is 0 Å². The highest BCUT2D eigenvalue weighted by molar-refractivity contribution is 5.63. The summed E-state index contributed by atoms with van der Waals surface area (Å²) in [5, 5.41) is 3.63. The summed E-state index contributed by atoms with van der Waals surface area (Å²) in [6.45, 7) is 6.13. The van der Waals surface area contributed by atoms with Crippen LogP contribution in [0.15, 0.2) is 43.0 Å². The molecule has 1 aliphatic heterocycles. The number of anilines is 1. The van der Waals surface area contributed by atoms with E-state index >= 15 is 0 Å². The second-order valence-corrected chi connectivity index (χ2v) is 4.80. The van der Waals surface area contributed by atoms with Crippen LogP contribution in [0.2, 0.25) is 0 Å². The molecule has 3 rings (SSSR count). The lowest BCUT2D eigenvalue weighted by Crippen LogP contribution is -2.34. The van der Waals surface area contributed by atoms with Crippen LogP contribution in [-0.4, -0.2) is 6.04 Å². The number of allylic oxidation sites excluding steroid dienone is 2. The third-order valence-electron chi connectivity index (χ3n) is 3.90. The molecule has 0 aromatic heterocycles. The van der Waals surface area contributed by atoms with Gasteiger partial charge in [-0.15, -0.1) is 6.58 Å². The Kier molecular flexibility index (Phi) is 2.13. The molecule has 1 nitrogen and oxygen atoms in total. The molecule has 1 heteroatoms. The first-order chi connectivity index (χ1) is 7.81. The van der Waals surface area contributed by atoms with Gasteiger partial charge >= 0.3 is 0 Å². The third kappa shape index (κ3) is 1.24. The number of aryl methyl sites for hydroxylation is 1. The van der Waals surface area contributed by atoms with E-state index in [-0.39, 0.29) is 0 Å². The predicted molar refractivity (Wildman–Crippen MR) is 68.8 cm³/mol. The first-order valence-corrected chi connectivity index (χ1v) is 5.96. The van der Waals surface area contributed by atoms with Gasteiger partial charge in [0.2, 0.25) is 0 Å². The van der Waals surface area contributed by atoms with Crippen molar-refractivity contribution in [2.75, 3.05) is 5.32 Å². The summed E-state index contributed by atoms with van der Waals surface area (Å²) in [7, 11) is 0. The monoisotopic (exact) mass is 211 g/mol. The van der Waals surface area contributed by atoms with Gasteiger partial charge in [0.05, 0.1) is 0 Å². The summed E-state index contributed by atoms with van der Waals surface area (Å²) in [5.41, 5.74) is 4.11. The molecule has 3 unspecified atom stereocenters. The zero-order valence-corrected chi connectivity index (χ0v) is 9.61. The van der Waals surface area contributed by atoms with Crippen molar-refractivity contribution in [1.82, 2.24) is 0 Å². The second kappa shape index (κ2) is 3.51. The van der Waals surface area contributed by atoms with Crippen molar-refractivity contribution in [3.05, 3.63) is 54.1 Å². The van der Waals surface area contributed by atoms with Crippen LogP contribution in [0.1, 0.15) is 23.5 Å². The topological polar surface area (TPSA) is 12.0 Å². The maximum atomic E-state index is 3.96. The molecule has 0 fully saturated rings. The lowest BCUT2D eigenvalue weighted by molar-refractivity contribution is 0.464. The molecule has 0 saturated carbocycles. The standard InChI is InChI=1S/C15H17N/c1-3-14-12-8-5-7-11(12)13-9-4-6-10(2)15(13)16-14/h3-7,9,11-12,14,16H,1,8H2,2H3. The highest BCUT2D eigenvalue weighted by Gasteiger charge is 2.35. The van der Waals surface area contributed by atoms with E-state index in [4.69, 9.17) is 0 Å². The Morgan fingerprint density at radius 3 is 3.12 bits per heavy atom. The fourth-order valence-corrected chi connectivity index (χ4v) is 3.05. The van der Waals surface area contributed by atoms with Crippen LogP contribution in [0.25, 0.3) is 0 Å². The summed E-state index contributed by atoms with van der Waals surface area (Å²) in [4.78, 5) is 0. The molecule has 0 radical (unpaired) electrons. The van der Waals surface area contributed by atoms with Crippen molar-refractivity contribution < 1.29 is 0 Å². The molecule has 16 heavy (non-hydrogen) atoms.